The lowest BCUT2D eigenvalue weighted by atomic mass is 10.1. The van der Waals surface area contributed by atoms with E-state index in [1.54, 1.807) is 0 Å². The lowest BCUT2D eigenvalue weighted by molar-refractivity contribution is 0.622. The zero-order valence-corrected chi connectivity index (χ0v) is 11.7. The first kappa shape index (κ1) is 13.1. The normalized spacial score (nSPS) is 12.1. The van der Waals surface area contributed by atoms with Gasteiger partial charge in [0.2, 0.25) is 0 Å². The second-order valence-corrected chi connectivity index (χ2v) is 5.05. The Morgan fingerprint density at radius 2 is 1.89 bits per heavy atom. The number of nitrogens with one attached hydrogen (secondary N) is 1. The maximum Gasteiger partial charge on any atom is 0.0506 e. The van der Waals surface area contributed by atoms with Crippen molar-refractivity contribution in [3.05, 3.63) is 82.9 Å². The van der Waals surface area contributed by atoms with Gasteiger partial charge in [0.15, 0.2) is 0 Å². The number of halogens is 1. The third-order valence-electron chi connectivity index (χ3n) is 2.81. The molecule has 92 valence electrons. The van der Waals surface area contributed by atoms with E-state index in [4.69, 9.17) is 0 Å². The summed E-state index contributed by atoms with van der Waals surface area (Å²) in [5, 5.41) is 3.49. The van der Waals surface area contributed by atoms with Crippen LogP contribution in [0.5, 0.6) is 0 Å². The van der Waals surface area contributed by atoms with Crippen LogP contribution in [-0.2, 0) is 6.54 Å². The summed E-state index contributed by atoms with van der Waals surface area (Å²) in [6.45, 7) is 4.74. The second-order valence-electron chi connectivity index (χ2n) is 4.13. The maximum absolute atomic E-state index is 3.90. The van der Waals surface area contributed by atoms with Gasteiger partial charge in [-0.15, -0.1) is 6.58 Å². The van der Waals surface area contributed by atoms with E-state index in [2.05, 4.69) is 64.2 Å². The van der Waals surface area contributed by atoms with E-state index in [1.165, 1.54) is 11.1 Å². The van der Waals surface area contributed by atoms with Crippen LogP contribution in [0, 0.1) is 0 Å². The SMILES string of the molecule is C=CC(NCc1ccccc1)c1cccc(Br)c1. The molecule has 2 rings (SSSR count). The van der Waals surface area contributed by atoms with Crippen molar-refractivity contribution < 1.29 is 0 Å². The van der Waals surface area contributed by atoms with Gasteiger partial charge in [0.25, 0.3) is 0 Å². The van der Waals surface area contributed by atoms with E-state index in [-0.39, 0.29) is 6.04 Å². The van der Waals surface area contributed by atoms with Crippen LogP contribution in [0.1, 0.15) is 17.2 Å². The van der Waals surface area contributed by atoms with Crippen LogP contribution in [0.25, 0.3) is 0 Å². The van der Waals surface area contributed by atoms with Crippen molar-refractivity contribution in [3.8, 4) is 0 Å². The Morgan fingerprint density at radius 3 is 2.56 bits per heavy atom. The Kier molecular flexibility index (Phi) is 4.73. The molecule has 1 atom stereocenters. The molecule has 0 aliphatic heterocycles. The number of hydrogen-bond donors (Lipinski definition) is 1. The average molecular weight is 302 g/mol. The lowest BCUT2D eigenvalue weighted by Crippen LogP contribution is -2.18. The molecule has 2 aromatic carbocycles. The molecule has 0 amide bonds. The van der Waals surface area contributed by atoms with Crippen molar-refractivity contribution in [2.24, 2.45) is 0 Å². The van der Waals surface area contributed by atoms with Crippen LogP contribution in [0.3, 0.4) is 0 Å². The first-order chi connectivity index (χ1) is 8.79. The van der Waals surface area contributed by atoms with Crippen LogP contribution in [0.2, 0.25) is 0 Å². The van der Waals surface area contributed by atoms with Gasteiger partial charge in [-0.2, -0.15) is 0 Å². The summed E-state index contributed by atoms with van der Waals surface area (Å²) in [5.41, 5.74) is 2.50. The summed E-state index contributed by atoms with van der Waals surface area (Å²) in [6.07, 6.45) is 1.94. The van der Waals surface area contributed by atoms with Crippen LogP contribution in [-0.4, -0.2) is 0 Å². The Labute approximate surface area is 117 Å². The second kappa shape index (κ2) is 6.53. The van der Waals surface area contributed by atoms with Gasteiger partial charge in [0.1, 0.15) is 0 Å². The molecule has 1 unspecified atom stereocenters. The van der Waals surface area contributed by atoms with E-state index in [9.17, 15) is 0 Å². The van der Waals surface area contributed by atoms with Crippen molar-refractivity contribution in [1.82, 2.24) is 5.32 Å². The number of rotatable bonds is 5. The van der Waals surface area contributed by atoms with E-state index in [0.717, 1.165) is 11.0 Å². The van der Waals surface area contributed by atoms with Crippen molar-refractivity contribution in [2.75, 3.05) is 0 Å². The zero-order valence-electron chi connectivity index (χ0n) is 10.1. The molecule has 18 heavy (non-hydrogen) atoms. The molecule has 0 spiro atoms. The van der Waals surface area contributed by atoms with Gasteiger partial charge in [0.05, 0.1) is 6.04 Å². The molecule has 0 radical (unpaired) electrons. The molecule has 0 aromatic heterocycles. The third kappa shape index (κ3) is 3.56. The molecule has 1 nitrogen and oxygen atoms in total. The van der Waals surface area contributed by atoms with E-state index in [1.807, 2.05) is 24.3 Å². The quantitative estimate of drug-likeness (QED) is 0.804. The highest BCUT2D eigenvalue weighted by Gasteiger charge is 2.06. The van der Waals surface area contributed by atoms with Gasteiger partial charge in [-0.05, 0) is 23.3 Å². The molecule has 1 N–H and O–H groups in total. The monoisotopic (exact) mass is 301 g/mol. The fraction of sp³-hybridized carbons (Fsp3) is 0.125. The molecule has 2 heteroatoms. The number of benzene rings is 2. The first-order valence-corrected chi connectivity index (χ1v) is 6.74. The van der Waals surface area contributed by atoms with Gasteiger partial charge < -0.3 is 5.32 Å². The molecular weight excluding hydrogens is 286 g/mol. The van der Waals surface area contributed by atoms with Crippen molar-refractivity contribution in [2.45, 2.75) is 12.6 Å². The third-order valence-corrected chi connectivity index (χ3v) is 3.31. The smallest absolute Gasteiger partial charge is 0.0506 e. The summed E-state index contributed by atoms with van der Waals surface area (Å²) < 4.78 is 1.09. The van der Waals surface area contributed by atoms with Gasteiger partial charge >= 0.3 is 0 Å². The number of hydrogen-bond acceptors (Lipinski definition) is 1. The van der Waals surface area contributed by atoms with Crippen LogP contribution >= 0.6 is 15.9 Å². The molecule has 0 heterocycles. The topological polar surface area (TPSA) is 12.0 Å². The lowest BCUT2D eigenvalue weighted by Gasteiger charge is -2.15. The molecule has 0 bridgehead atoms. The fourth-order valence-corrected chi connectivity index (χ4v) is 2.28. The van der Waals surface area contributed by atoms with Crippen molar-refractivity contribution >= 4 is 15.9 Å². The van der Waals surface area contributed by atoms with Gasteiger partial charge in [-0.1, -0.05) is 64.5 Å². The highest BCUT2D eigenvalue weighted by molar-refractivity contribution is 9.10. The van der Waals surface area contributed by atoms with Gasteiger partial charge in [-0.25, -0.2) is 0 Å². The highest BCUT2D eigenvalue weighted by Crippen LogP contribution is 2.19. The molecule has 0 fully saturated rings. The minimum atomic E-state index is 0.169. The average Bonchev–Trinajstić information content (AvgIpc) is 2.41. The molecule has 2 aromatic rings. The summed E-state index contributed by atoms with van der Waals surface area (Å²) in [5.74, 6) is 0. The standard InChI is InChI=1S/C16H16BrN/c1-2-16(14-9-6-10-15(17)11-14)18-12-13-7-4-3-5-8-13/h2-11,16,18H,1,12H2. The Balaban J connectivity index is 2.04. The molecule has 0 aliphatic rings. The van der Waals surface area contributed by atoms with Gasteiger partial charge in [0, 0.05) is 11.0 Å². The molecular formula is C16H16BrN. The maximum atomic E-state index is 3.90. The summed E-state index contributed by atoms with van der Waals surface area (Å²) in [7, 11) is 0. The Bertz CT molecular complexity index is 508. The van der Waals surface area contributed by atoms with E-state index >= 15 is 0 Å². The van der Waals surface area contributed by atoms with E-state index < -0.39 is 0 Å². The summed E-state index contributed by atoms with van der Waals surface area (Å²) >= 11 is 3.49. The minimum absolute atomic E-state index is 0.169. The fourth-order valence-electron chi connectivity index (χ4n) is 1.86. The van der Waals surface area contributed by atoms with Crippen molar-refractivity contribution in [3.63, 3.8) is 0 Å². The van der Waals surface area contributed by atoms with Crippen LogP contribution in [0.4, 0.5) is 0 Å². The molecule has 0 aliphatic carbocycles. The summed E-state index contributed by atoms with van der Waals surface area (Å²) in [6, 6.07) is 18.8. The van der Waals surface area contributed by atoms with Crippen LogP contribution in [0.15, 0.2) is 71.7 Å². The molecule has 0 saturated heterocycles. The minimum Gasteiger partial charge on any atom is -0.303 e. The van der Waals surface area contributed by atoms with Crippen molar-refractivity contribution in [1.29, 1.82) is 0 Å². The Morgan fingerprint density at radius 1 is 1.11 bits per heavy atom. The zero-order chi connectivity index (χ0) is 12.8. The summed E-state index contributed by atoms with van der Waals surface area (Å²) in [4.78, 5) is 0. The van der Waals surface area contributed by atoms with Gasteiger partial charge in [-0.3, -0.25) is 0 Å². The predicted molar refractivity (Wildman–Crippen MR) is 80.4 cm³/mol. The first-order valence-electron chi connectivity index (χ1n) is 5.95. The van der Waals surface area contributed by atoms with E-state index in [0.29, 0.717) is 0 Å². The highest BCUT2D eigenvalue weighted by atomic mass is 79.9. The Hall–Kier alpha value is -1.38. The van der Waals surface area contributed by atoms with Crippen LogP contribution < -0.4 is 5.32 Å². The molecule has 0 saturated carbocycles. The largest absolute Gasteiger partial charge is 0.303 e. The predicted octanol–water partition coefficient (Wildman–Crippen LogP) is 4.47.